The van der Waals surface area contributed by atoms with Crippen LogP contribution in [0.1, 0.15) is 37.0 Å². The number of hydrogen-bond acceptors (Lipinski definition) is 3. The number of aromatic nitrogens is 2. The van der Waals surface area contributed by atoms with Gasteiger partial charge < -0.3 is 10.0 Å². The number of carboxylic acids is 1. The first-order valence-corrected chi connectivity index (χ1v) is 6.56. The lowest BCUT2D eigenvalue weighted by molar-refractivity contribution is 0.0696. The zero-order chi connectivity index (χ0) is 13.1. The van der Waals surface area contributed by atoms with Gasteiger partial charge in [0.15, 0.2) is 0 Å². The molecule has 5 nitrogen and oxygen atoms in total. The van der Waals surface area contributed by atoms with Crippen LogP contribution in [0.2, 0.25) is 0 Å². The average Bonchev–Trinajstić information content (AvgIpc) is 2.78. The Balaban J connectivity index is 1.85. The fraction of sp³-hybridized carbons (Fsp3) is 0.692. The van der Waals surface area contributed by atoms with Crippen molar-refractivity contribution < 1.29 is 9.90 Å². The number of likely N-dealkylation sites (tertiary alicyclic amines) is 1. The molecule has 0 atom stereocenters. The van der Waals surface area contributed by atoms with Crippen LogP contribution in [-0.2, 0) is 6.54 Å². The molecule has 1 N–H and O–H groups in total. The van der Waals surface area contributed by atoms with Gasteiger partial charge in [0, 0.05) is 18.8 Å². The average molecular weight is 251 g/mol. The van der Waals surface area contributed by atoms with Crippen molar-refractivity contribution in [2.24, 2.45) is 5.92 Å². The lowest BCUT2D eigenvalue weighted by Gasteiger charge is -2.34. The SMILES string of the molecule is CC(C)N1CCC(Cn2cc(C(=O)O)cn2)CC1. The van der Waals surface area contributed by atoms with Crippen molar-refractivity contribution in [1.82, 2.24) is 14.7 Å². The smallest absolute Gasteiger partial charge is 0.338 e. The Labute approximate surface area is 107 Å². The Morgan fingerprint density at radius 2 is 2.17 bits per heavy atom. The molecule has 2 rings (SSSR count). The maximum Gasteiger partial charge on any atom is 0.338 e. The molecule has 100 valence electrons. The number of piperidine rings is 1. The second-order valence-electron chi connectivity index (χ2n) is 5.33. The summed E-state index contributed by atoms with van der Waals surface area (Å²) in [6.07, 6.45) is 5.38. The van der Waals surface area contributed by atoms with Gasteiger partial charge in [-0.3, -0.25) is 4.68 Å². The highest BCUT2D eigenvalue weighted by molar-refractivity contribution is 5.86. The van der Waals surface area contributed by atoms with Crippen molar-refractivity contribution in [1.29, 1.82) is 0 Å². The molecule has 1 aliphatic rings. The third-order valence-electron chi connectivity index (χ3n) is 3.70. The molecule has 1 saturated heterocycles. The van der Waals surface area contributed by atoms with Gasteiger partial charge in [-0.1, -0.05) is 0 Å². The summed E-state index contributed by atoms with van der Waals surface area (Å²) in [6, 6.07) is 0.620. The summed E-state index contributed by atoms with van der Waals surface area (Å²) in [5.74, 6) is -0.294. The lowest BCUT2D eigenvalue weighted by Crippen LogP contribution is -2.39. The molecule has 0 aromatic carbocycles. The van der Waals surface area contributed by atoms with Crippen LogP contribution in [0.5, 0.6) is 0 Å². The van der Waals surface area contributed by atoms with E-state index in [1.807, 2.05) is 0 Å². The minimum atomic E-state index is -0.907. The van der Waals surface area contributed by atoms with E-state index in [0.717, 1.165) is 19.6 Å². The first kappa shape index (κ1) is 13.1. The summed E-state index contributed by atoms with van der Waals surface area (Å²) < 4.78 is 1.76. The van der Waals surface area contributed by atoms with Crippen LogP contribution in [0.25, 0.3) is 0 Å². The van der Waals surface area contributed by atoms with E-state index < -0.39 is 5.97 Å². The summed E-state index contributed by atoms with van der Waals surface area (Å²) >= 11 is 0. The summed E-state index contributed by atoms with van der Waals surface area (Å²) in [5.41, 5.74) is 0.273. The van der Waals surface area contributed by atoms with Gasteiger partial charge in [0.2, 0.25) is 0 Å². The fourth-order valence-corrected chi connectivity index (χ4v) is 2.49. The van der Waals surface area contributed by atoms with Crippen LogP contribution >= 0.6 is 0 Å². The van der Waals surface area contributed by atoms with Crippen LogP contribution in [0.4, 0.5) is 0 Å². The van der Waals surface area contributed by atoms with Crippen molar-refractivity contribution in [3.05, 3.63) is 18.0 Å². The van der Waals surface area contributed by atoms with Crippen molar-refractivity contribution in [3.63, 3.8) is 0 Å². The predicted molar refractivity (Wildman–Crippen MR) is 68.6 cm³/mol. The number of nitrogens with zero attached hydrogens (tertiary/aromatic N) is 3. The van der Waals surface area contributed by atoms with E-state index in [-0.39, 0.29) is 5.56 Å². The van der Waals surface area contributed by atoms with Gasteiger partial charge in [0.25, 0.3) is 0 Å². The molecular formula is C13H21N3O2. The Morgan fingerprint density at radius 3 is 2.67 bits per heavy atom. The van der Waals surface area contributed by atoms with E-state index in [2.05, 4.69) is 23.8 Å². The molecule has 1 aromatic heterocycles. The summed E-state index contributed by atoms with van der Waals surface area (Å²) in [4.78, 5) is 13.3. The molecule has 1 fully saturated rings. The van der Waals surface area contributed by atoms with Crippen molar-refractivity contribution in [2.75, 3.05) is 13.1 Å². The van der Waals surface area contributed by atoms with Crippen molar-refractivity contribution >= 4 is 5.97 Å². The van der Waals surface area contributed by atoms with Gasteiger partial charge >= 0.3 is 5.97 Å². The van der Waals surface area contributed by atoms with E-state index in [1.165, 1.54) is 19.0 Å². The van der Waals surface area contributed by atoms with Crippen molar-refractivity contribution in [2.45, 2.75) is 39.3 Å². The number of aromatic carboxylic acids is 1. The van der Waals surface area contributed by atoms with Crippen molar-refractivity contribution in [3.8, 4) is 0 Å². The van der Waals surface area contributed by atoms with Gasteiger partial charge in [-0.2, -0.15) is 5.10 Å². The van der Waals surface area contributed by atoms with Crippen LogP contribution in [0, 0.1) is 5.92 Å². The molecular weight excluding hydrogens is 230 g/mol. The Morgan fingerprint density at radius 1 is 1.50 bits per heavy atom. The molecule has 2 heterocycles. The summed E-state index contributed by atoms with van der Waals surface area (Å²) in [7, 11) is 0. The van der Waals surface area contributed by atoms with Crippen LogP contribution in [0.3, 0.4) is 0 Å². The third kappa shape index (κ3) is 3.10. The second-order valence-corrected chi connectivity index (χ2v) is 5.33. The van der Waals surface area contributed by atoms with Gasteiger partial charge in [0.05, 0.1) is 11.8 Å². The molecule has 18 heavy (non-hydrogen) atoms. The standard InChI is InChI=1S/C13H21N3O2/c1-10(2)15-5-3-11(4-6-15)8-16-9-12(7-14-16)13(17)18/h7,9-11H,3-6,8H2,1-2H3,(H,17,18). The third-order valence-corrected chi connectivity index (χ3v) is 3.70. The van der Waals surface area contributed by atoms with E-state index in [1.54, 1.807) is 10.9 Å². The lowest BCUT2D eigenvalue weighted by atomic mass is 9.96. The molecule has 0 aliphatic carbocycles. The number of carbonyl (C=O) groups is 1. The Bertz CT molecular complexity index is 406. The summed E-state index contributed by atoms with van der Waals surface area (Å²) in [5, 5.41) is 12.9. The Hall–Kier alpha value is -1.36. The molecule has 5 heteroatoms. The maximum atomic E-state index is 10.8. The predicted octanol–water partition coefficient (Wildman–Crippen LogP) is 1.70. The van der Waals surface area contributed by atoms with Crippen LogP contribution in [0.15, 0.2) is 12.4 Å². The molecule has 0 unspecified atom stereocenters. The molecule has 0 bridgehead atoms. The number of rotatable bonds is 4. The molecule has 0 saturated carbocycles. The van der Waals surface area contributed by atoms with E-state index in [9.17, 15) is 4.79 Å². The molecule has 1 aromatic rings. The fourth-order valence-electron chi connectivity index (χ4n) is 2.49. The molecule has 0 amide bonds. The Kier molecular flexibility index (Phi) is 4.01. The van der Waals surface area contributed by atoms with E-state index in [0.29, 0.717) is 12.0 Å². The van der Waals surface area contributed by atoms with Gasteiger partial charge in [0.1, 0.15) is 0 Å². The summed E-state index contributed by atoms with van der Waals surface area (Å²) in [6.45, 7) is 7.56. The van der Waals surface area contributed by atoms with E-state index in [4.69, 9.17) is 5.11 Å². The van der Waals surface area contributed by atoms with Crippen LogP contribution in [-0.4, -0.2) is 44.9 Å². The zero-order valence-electron chi connectivity index (χ0n) is 11.0. The minimum Gasteiger partial charge on any atom is -0.478 e. The highest BCUT2D eigenvalue weighted by Gasteiger charge is 2.21. The van der Waals surface area contributed by atoms with Crippen LogP contribution < -0.4 is 0 Å². The topological polar surface area (TPSA) is 58.4 Å². The van der Waals surface area contributed by atoms with Gasteiger partial charge in [-0.05, 0) is 45.7 Å². The largest absolute Gasteiger partial charge is 0.478 e. The van der Waals surface area contributed by atoms with E-state index >= 15 is 0 Å². The first-order valence-electron chi connectivity index (χ1n) is 6.56. The normalized spacial score (nSPS) is 18.4. The molecule has 1 aliphatic heterocycles. The highest BCUT2D eigenvalue weighted by atomic mass is 16.4. The quantitative estimate of drug-likeness (QED) is 0.885. The van der Waals surface area contributed by atoms with Gasteiger partial charge in [-0.15, -0.1) is 0 Å². The minimum absolute atomic E-state index is 0.273. The maximum absolute atomic E-state index is 10.8. The highest BCUT2D eigenvalue weighted by Crippen LogP contribution is 2.20. The zero-order valence-corrected chi connectivity index (χ0v) is 11.0. The monoisotopic (exact) mass is 251 g/mol. The molecule has 0 radical (unpaired) electrons. The van der Waals surface area contributed by atoms with Gasteiger partial charge in [-0.25, -0.2) is 4.79 Å². The second kappa shape index (κ2) is 5.52. The molecule has 0 spiro atoms. The number of hydrogen-bond donors (Lipinski definition) is 1. The number of carboxylic acid groups (broad SMARTS) is 1. The first-order chi connectivity index (χ1) is 8.56.